The van der Waals surface area contributed by atoms with E-state index in [0.717, 1.165) is 17.7 Å². The molecule has 0 atom stereocenters. The molecule has 2 aromatic carbocycles. The quantitative estimate of drug-likeness (QED) is 0.814. The Morgan fingerprint density at radius 3 is 2.53 bits per heavy atom. The fourth-order valence-corrected chi connectivity index (χ4v) is 2.01. The maximum atomic E-state index is 5.94. The summed E-state index contributed by atoms with van der Waals surface area (Å²) < 4.78 is 5.17. The zero-order valence-electron chi connectivity index (χ0n) is 10.2. The summed E-state index contributed by atoms with van der Waals surface area (Å²) in [5, 5.41) is 0. The molecule has 2 rings (SSSR count). The number of ether oxygens (including phenoxy) is 1. The first-order chi connectivity index (χ1) is 8.26. The Morgan fingerprint density at radius 1 is 1.12 bits per heavy atom. The third-order valence-corrected chi connectivity index (χ3v) is 2.94. The molecule has 2 nitrogen and oxygen atoms in total. The zero-order chi connectivity index (χ0) is 12.3. The smallest absolute Gasteiger partial charge is 0.141 e. The van der Waals surface area contributed by atoms with Crippen molar-refractivity contribution in [2.45, 2.75) is 13.3 Å². The summed E-state index contributed by atoms with van der Waals surface area (Å²) in [6, 6.07) is 14.3. The number of anilines is 1. The fourth-order valence-electron chi connectivity index (χ4n) is 2.01. The van der Waals surface area contributed by atoms with Gasteiger partial charge in [-0.05, 0) is 35.2 Å². The molecule has 0 amide bonds. The van der Waals surface area contributed by atoms with E-state index in [2.05, 4.69) is 31.2 Å². The number of hydrogen-bond acceptors (Lipinski definition) is 2. The largest absolute Gasteiger partial charge is 0.495 e. The van der Waals surface area contributed by atoms with Gasteiger partial charge in [0.2, 0.25) is 0 Å². The lowest BCUT2D eigenvalue weighted by Gasteiger charge is -2.10. The Hall–Kier alpha value is -1.96. The molecule has 0 aliphatic carbocycles. The van der Waals surface area contributed by atoms with E-state index in [-0.39, 0.29) is 0 Å². The second-order valence-electron chi connectivity index (χ2n) is 3.97. The van der Waals surface area contributed by atoms with Gasteiger partial charge in [-0.2, -0.15) is 0 Å². The van der Waals surface area contributed by atoms with Gasteiger partial charge in [-0.15, -0.1) is 0 Å². The average molecular weight is 227 g/mol. The van der Waals surface area contributed by atoms with Crippen molar-refractivity contribution in [3.8, 4) is 16.9 Å². The van der Waals surface area contributed by atoms with Crippen LogP contribution in [0, 0.1) is 0 Å². The van der Waals surface area contributed by atoms with Gasteiger partial charge in [0.05, 0.1) is 12.8 Å². The lowest BCUT2D eigenvalue weighted by atomic mass is 9.98. The first-order valence-corrected chi connectivity index (χ1v) is 5.78. The Kier molecular flexibility index (Phi) is 3.33. The molecule has 0 aliphatic heterocycles. The van der Waals surface area contributed by atoms with Gasteiger partial charge in [-0.25, -0.2) is 0 Å². The average Bonchev–Trinajstić information content (AvgIpc) is 2.38. The van der Waals surface area contributed by atoms with Crippen LogP contribution in [0.25, 0.3) is 11.1 Å². The fraction of sp³-hybridized carbons (Fsp3) is 0.200. The summed E-state index contributed by atoms with van der Waals surface area (Å²) in [7, 11) is 1.63. The van der Waals surface area contributed by atoms with E-state index >= 15 is 0 Å². The summed E-state index contributed by atoms with van der Waals surface area (Å²) in [5.74, 6) is 0.725. The van der Waals surface area contributed by atoms with Gasteiger partial charge in [-0.1, -0.05) is 37.3 Å². The second kappa shape index (κ2) is 4.91. The molecule has 0 aliphatic rings. The van der Waals surface area contributed by atoms with Crippen LogP contribution in [0.4, 0.5) is 5.69 Å². The summed E-state index contributed by atoms with van der Waals surface area (Å²) in [6.07, 6.45) is 1.02. The number of nitrogens with two attached hydrogens (primary N) is 1. The van der Waals surface area contributed by atoms with Crippen LogP contribution in [0.2, 0.25) is 0 Å². The predicted octanol–water partition coefficient (Wildman–Crippen LogP) is 3.51. The van der Waals surface area contributed by atoms with Crippen LogP contribution >= 0.6 is 0 Å². The number of benzene rings is 2. The van der Waals surface area contributed by atoms with E-state index < -0.39 is 0 Å². The van der Waals surface area contributed by atoms with Crippen LogP contribution in [0.3, 0.4) is 0 Å². The maximum absolute atomic E-state index is 5.94. The third kappa shape index (κ3) is 2.26. The van der Waals surface area contributed by atoms with Crippen molar-refractivity contribution >= 4 is 5.69 Å². The Balaban J connectivity index is 2.49. The molecule has 2 N–H and O–H groups in total. The van der Waals surface area contributed by atoms with Crippen LogP contribution in [-0.4, -0.2) is 7.11 Å². The topological polar surface area (TPSA) is 35.2 Å². The van der Waals surface area contributed by atoms with Gasteiger partial charge >= 0.3 is 0 Å². The number of hydrogen-bond donors (Lipinski definition) is 1. The van der Waals surface area contributed by atoms with Gasteiger partial charge in [-0.3, -0.25) is 0 Å². The molecule has 17 heavy (non-hydrogen) atoms. The molecule has 88 valence electrons. The molecule has 2 heteroatoms. The number of aryl methyl sites for hydroxylation is 1. The van der Waals surface area contributed by atoms with Crippen LogP contribution in [-0.2, 0) is 6.42 Å². The van der Waals surface area contributed by atoms with Crippen molar-refractivity contribution in [1.82, 2.24) is 0 Å². The highest BCUT2D eigenvalue weighted by molar-refractivity contribution is 5.73. The van der Waals surface area contributed by atoms with Crippen molar-refractivity contribution < 1.29 is 4.74 Å². The first-order valence-electron chi connectivity index (χ1n) is 5.78. The molecule has 0 radical (unpaired) electrons. The molecule has 0 saturated heterocycles. The Bertz CT molecular complexity index is 520. The molecule has 0 aromatic heterocycles. The van der Waals surface area contributed by atoms with E-state index in [1.807, 2.05) is 18.2 Å². The van der Waals surface area contributed by atoms with Gasteiger partial charge in [0.1, 0.15) is 5.75 Å². The van der Waals surface area contributed by atoms with Crippen molar-refractivity contribution in [2.24, 2.45) is 0 Å². The molecule has 2 aromatic rings. The van der Waals surface area contributed by atoms with Gasteiger partial charge in [0.25, 0.3) is 0 Å². The minimum atomic E-state index is 0.677. The molecule has 0 fully saturated rings. The minimum absolute atomic E-state index is 0.677. The summed E-state index contributed by atoms with van der Waals surface area (Å²) in [6.45, 7) is 2.16. The highest BCUT2D eigenvalue weighted by atomic mass is 16.5. The third-order valence-electron chi connectivity index (χ3n) is 2.94. The van der Waals surface area contributed by atoms with Crippen molar-refractivity contribution in [1.29, 1.82) is 0 Å². The van der Waals surface area contributed by atoms with Crippen LogP contribution in [0.15, 0.2) is 42.5 Å². The standard InChI is InChI=1S/C15H17NO/c1-3-11-6-4-5-7-13(11)12-8-9-15(17-2)14(16)10-12/h4-10H,3,16H2,1-2H3. The van der Waals surface area contributed by atoms with Crippen molar-refractivity contribution in [3.63, 3.8) is 0 Å². The van der Waals surface area contributed by atoms with Gasteiger partial charge in [0, 0.05) is 0 Å². The predicted molar refractivity (Wildman–Crippen MR) is 72.2 cm³/mol. The number of rotatable bonds is 3. The highest BCUT2D eigenvalue weighted by Gasteiger charge is 2.05. The van der Waals surface area contributed by atoms with E-state index in [1.54, 1.807) is 7.11 Å². The summed E-state index contributed by atoms with van der Waals surface area (Å²) >= 11 is 0. The molecular formula is C15H17NO. The summed E-state index contributed by atoms with van der Waals surface area (Å²) in [5.41, 5.74) is 10.3. The number of methoxy groups -OCH3 is 1. The molecule has 0 spiro atoms. The zero-order valence-corrected chi connectivity index (χ0v) is 10.2. The van der Waals surface area contributed by atoms with Crippen molar-refractivity contribution in [2.75, 3.05) is 12.8 Å². The minimum Gasteiger partial charge on any atom is -0.495 e. The van der Waals surface area contributed by atoms with Crippen LogP contribution < -0.4 is 10.5 Å². The normalized spacial score (nSPS) is 10.2. The first kappa shape index (κ1) is 11.5. The molecule has 0 unspecified atom stereocenters. The SMILES string of the molecule is CCc1ccccc1-c1ccc(OC)c(N)c1. The molecule has 0 bridgehead atoms. The van der Waals surface area contributed by atoms with Crippen molar-refractivity contribution in [3.05, 3.63) is 48.0 Å². The molecule has 0 saturated carbocycles. The molecular weight excluding hydrogens is 210 g/mol. The monoisotopic (exact) mass is 227 g/mol. The van der Waals surface area contributed by atoms with Crippen LogP contribution in [0.1, 0.15) is 12.5 Å². The van der Waals surface area contributed by atoms with Gasteiger partial charge < -0.3 is 10.5 Å². The summed E-state index contributed by atoms with van der Waals surface area (Å²) in [4.78, 5) is 0. The maximum Gasteiger partial charge on any atom is 0.141 e. The Morgan fingerprint density at radius 2 is 1.88 bits per heavy atom. The van der Waals surface area contributed by atoms with E-state index in [4.69, 9.17) is 10.5 Å². The lowest BCUT2D eigenvalue weighted by molar-refractivity contribution is 0.417. The van der Waals surface area contributed by atoms with E-state index in [1.165, 1.54) is 11.1 Å². The Labute approximate surface area is 102 Å². The van der Waals surface area contributed by atoms with E-state index in [0.29, 0.717) is 5.69 Å². The van der Waals surface area contributed by atoms with Gasteiger partial charge in [0.15, 0.2) is 0 Å². The van der Waals surface area contributed by atoms with Crippen LogP contribution in [0.5, 0.6) is 5.75 Å². The second-order valence-corrected chi connectivity index (χ2v) is 3.97. The highest BCUT2D eigenvalue weighted by Crippen LogP contribution is 2.30. The van der Waals surface area contributed by atoms with E-state index in [9.17, 15) is 0 Å². The lowest BCUT2D eigenvalue weighted by Crippen LogP contribution is -1.93. The molecule has 0 heterocycles. The number of nitrogen functional groups attached to an aromatic ring is 1.